The molecule has 1 aliphatic rings. The summed E-state index contributed by atoms with van der Waals surface area (Å²) < 4.78 is 25.3. The van der Waals surface area contributed by atoms with Gasteiger partial charge in [-0.15, -0.1) is 0 Å². The quantitative estimate of drug-likeness (QED) is 0.790. The Labute approximate surface area is 114 Å². The smallest absolute Gasteiger partial charge is 0.359 e. The minimum absolute atomic E-state index is 0.174. The number of carbonyl (C=O) groups is 1. The maximum atomic E-state index is 13.2. The monoisotopic (exact) mass is 276 g/mol. The maximum absolute atomic E-state index is 13.2. The number of aromatic nitrogens is 2. The number of carbonyl (C=O) groups excluding carboxylic acids is 1. The standard InChI is InChI=1S/C14H13FN2O3/c1-3-19-14(18)12-10-7-20-11-6-8(15)4-5-9(11)13(10)17(2)16-12/h4-6H,3,7H2,1-2H3. The van der Waals surface area contributed by atoms with Gasteiger partial charge in [0, 0.05) is 18.7 Å². The normalized spacial score (nSPS) is 12.3. The van der Waals surface area contributed by atoms with Gasteiger partial charge < -0.3 is 9.47 Å². The van der Waals surface area contributed by atoms with Crippen LogP contribution in [0.4, 0.5) is 4.39 Å². The summed E-state index contributed by atoms with van der Waals surface area (Å²) in [6.45, 7) is 2.20. The van der Waals surface area contributed by atoms with E-state index in [0.717, 1.165) is 11.3 Å². The average Bonchev–Trinajstić information content (AvgIpc) is 2.76. The zero-order valence-corrected chi connectivity index (χ0v) is 11.1. The van der Waals surface area contributed by atoms with Crippen LogP contribution in [-0.4, -0.2) is 22.4 Å². The molecule has 0 amide bonds. The van der Waals surface area contributed by atoms with Crippen molar-refractivity contribution in [2.75, 3.05) is 6.61 Å². The maximum Gasteiger partial charge on any atom is 0.359 e. The van der Waals surface area contributed by atoms with E-state index in [1.54, 1.807) is 24.7 Å². The van der Waals surface area contributed by atoms with Crippen LogP contribution in [0.25, 0.3) is 11.3 Å². The lowest BCUT2D eigenvalue weighted by molar-refractivity contribution is 0.0515. The van der Waals surface area contributed by atoms with Crippen LogP contribution in [0, 0.1) is 5.82 Å². The Morgan fingerprint density at radius 1 is 1.55 bits per heavy atom. The molecule has 3 rings (SSSR count). The van der Waals surface area contributed by atoms with Crippen molar-refractivity contribution < 1.29 is 18.7 Å². The van der Waals surface area contributed by atoms with Crippen molar-refractivity contribution in [3.8, 4) is 17.0 Å². The summed E-state index contributed by atoms with van der Waals surface area (Å²) in [5.74, 6) is -0.380. The van der Waals surface area contributed by atoms with Crippen molar-refractivity contribution in [2.24, 2.45) is 7.05 Å². The Morgan fingerprint density at radius 2 is 2.35 bits per heavy atom. The predicted molar refractivity (Wildman–Crippen MR) is 68.9 cm³/mol. The van der Waals surface area contributed by atoms with Crippen LogP contribution in [0.1, 0.15) is 23.0 Å². The molecule has 0 saturated carbocycles. The number of rotatable bonds is 2. The SMILES string of the molecule is CCOC(=O)c1nn(C)c2c1COc1cc(F)ccc1-2. The molecule has 0 fully saturated rings. The molecule has 6 heteroatoms. The number of nitrogens with zero attached hydrogens (tertiary/aromatic N) is 2. The van der Waals surface area contributed by atoms with Crippen molar-refractivity contribution >= 4 is 5.97 Å². The van der Waals surface area contributed by atoms with Gasteiger partial charge in [-0.2, -0.15) is 5.10 Å². The highest BCUT2D eigenvalue weighted by atomic mass is 19.1. The minimum atomic E-state index is -0.474. The van der Waals surface area contributed by atoms with E-state index in [9.17, 15) is 9.18 Å². The molecule has 20 heavy (non-hydrogen) atoms. The Morgan fingerprint density at radius 3 is 3.10 bits per heavy atom. The van der Waals surface area contributed by atoms with Crippen molar-refractivity contribution in [2.45, 2.75) is 13.5 Å². The van der Waals surface area contributed by atoms with Gasteiger partial charge in [0.15, 0.2) is 5.69 Å². The van der Waals surface area contributed by atoms with E-state index in [4.69, 9.17) is 9.47 Å². The zero-order valence-electron chi connectivity index (χ0n) is 11.1. The zero-order chi connectivity index (χ0) is 14.3. The Bertz CT molecular complexity index is 694. The van der Waals surface area contributed by atoms with E-state index in [1.807, 2.05) is 0 Å². The van der Waals surface area contributed by atoms with Gasteiger partial charge in [-0.25, -0.2) is 9.18 Å². The van der Waals surface area contributed by atoms with E-state index in [2.05, 4.69) is 5.10 Å². The molecule has 0 atom stereocenters. The van der Waals surface area contributed by atoms with Gasteiger partial charge in [-0.05, 0) is 19.1 Å². The molecular formula is C14H13FN2O3. The topological polar surface area (TPSA) is 53.3 Å². The average molecular weight is 276 g/mol. The molecule has 0 bridgehead atoms. The van der Waals surface area contributed by atoms with Crippen LogP contribution in [0.2, 0.25) is 0 Å². The summed E-state index contributed by atoms with van der Waals surface area (Å²) in [6.07, 6.45) is 0. The van der Waals surface area contributed by atoms with Gasteiger partial charge in [-0.3, -0.25) is 4.68 Å². The summed E-state index contributed by atoms with van der Waals surface area (Å²) in [6, 6.07) is 4.31. The molecule has 0 saturated heterocycles. The molecular weight excluding hydrogens is 263 g/mol. The molecule has 0 radical (unpaired) electrons. The molecule has 0 N–H and O–H groups in total. The number of ether oxygens (including phenoxy) is 2. The Kier molecular flexibility index (Phi) is 2.93. The number of fused-ring (bicyclic) bond motifs is 3. The van der Waals surface area contributed by atoms with E-state index >= 15 is 0 Å². The van der Waals surface area contributed by atoms with E-state index in [1.165, 1.54) is 12.1 Å². The second-order valence-electron chi connectivity index (χ2n) is 4.45. The van der Waals surface area contributed by atoms with E-state index < -0.39 is 5.97 Å². The van der Waals surface area contributed by atoms with E-state index in [0.29, 0.717) is 11.3 Å². The van der Waals surface area contributed by atoms with Gasteiger partial charge in [0.25, 0.3) is 0 Å². The van der Waals surface area contributed by atoms with Gasteiger partial charge in [0.2, 0.25) is 0 Å². The molecule has 0 unspecified atom stereocenters. The highest BCUT2D eigenvalue weighted by Crippen LogP contribution is 2.38. The molecule has 1 aromatic carbocycles. The lowest BCUT2D eigenvalue weighted by Crippen LogP contribution is -2.12. The molecule has 1 aromatic heterocycles. The van der Waals surface area contributed by atoms with Crippen molar-refractivity contribution in [3.05, 3.63) is 35.3 Å². The lowest BCUT2D eigenvalue weighted by Gasteiger charge is -2.18. The molecule has 5 nitrogen and oxygen atoms in total. The fraction of sp³-hybridized carbons (Fsp3) is 0.286. The van der Waals surface area contributed by atoms with Crippen LogP contribution >= 0.6 is 0 Å². The number of hydrogen-bond donors (Lipinski definition) is 0. The summed E-state index contributed by atoms with van der Waals surface area (Å²) in [7, 11) is 1.74. The first-order valence-electron chi connectivity index (χ1n) is 6.27. The highest BCUT2D eigenvalue weighted by Gasteiger charge is 2.29. The van der Waals surface area contributed by atoms with Gasteiger partial charge in [-0.1, -0.05) is 0 Å². The molecule has 2 heterocycles. The molecule has 0 spiro atoms. The summed E-state index contributed by atoms with van der Waals surface area (Å²) in [5.41, 5.74) is 2.40. The lowest BCUT2D eigenvalue weighted by atomic mass is 10.0. The van der Waals surface area contributed by atoms with Crippen LogP contribution in [0.5, 0.6) is 5.75 Å². The summed E-state index contributed by atoms with van der Waals surface area (Å²) >= 11 is 0. The van der Waals surface area contributed by atoms with Gasteiger partial charge in [0.1, 0.15) is 18.2 Å². The van der Waals surface area contributed by atoms with E-state index in [-0.39, 0.29) is 24.7 Å². The second kappa shape index (κ2) is 4.63. The molecule has 0 aliphatic carbocycles. The Balaban J connectivity index is 2.14. The number of hydrogen-bond acceptors (Lipinski definition) is 4. The Hall–Kier alpha value is -2.37. The van der Waals surface area contributed by atoms with Crippen LogP contribution in [-0.2, 0) is 18.4 Å². The number of halogens is 1. The van der Waals surface area contributed by atoms with Gasteiger partial charge in [0.05, 0.1) is 17.9 Å². The predicted octanol–water partition coefficient (Wildman–Crippen LogP) is 2.30. The number of aryl methyl sites for hydroxylation is 1. The largest absolute Gasteiger partial charge is 0.488 e. The fourth-order valence-electron chi connectivity index (χ4n) is 2.37. The van der Waals surface area contributed by atoms with Crippen molar-refractivity contribution in [1.29, 1.82) is 0 Å². The first kappa shape index (κ1) is 12.7. The third-order valence-corrected chi connectivity index (χ3v) is 3.18. The third-order valence-electron chi connectivity index (χ3n) is 3.18. The fourth-order valence-corrected chi connectivity index (χ4v) is 2.37. The van der Waals surface area contributed by atoms with Crippen molar-refractivity contribution in [1.82, 2.24) is 9.78 Å². The minimum Gasteiger partial charge on any atom is -0.488 e. The van der Waals surface area contributed by atoms with Crippen LogP contribution in [0.15, 0.2) is 18.2 Å². The summed E-state index contributed by atoms with van der Waals surface area (Å²) in [4.78, 5) is 11.9. The molecule has 1 aliphatic heterocycles. The number of benzene rings is 1. The molecule has 104 valence electrons. The number of esters is 1. The van der Waals surface area contributed by atoms with Crippen LogP contribution in [0.3, 0.4) is 0 Å². The van der Waals surface area contributed by atoms with Gasteiger partial charge >= 0.3 is 5.97 Å². The molecule has 2 aromatic rings. The summed E-state index contributed by atoms with van der Waals surface area (Å²) in [5, 5.41) is 4.20. The van der Waals surface area contributed by atoms with Crippen LogP contribution < -0.4 is 4.74 Å². The second-order valence-corrected chi connectivity index (χ2v) is 4.45. The first-order valence-corrected chi connectivity index (χ1v) is 6.27. The highest BCUT2D eigenvalue weighted by molar-refractivity contribution is 5.92. The van der Waals surface area contributed by atoms with Crippen molar-refractivity contribution in [3.63, 3.8) is 0 Å². The first-order chi connectivity index (χ1) is 9.61. The third kappa shape index (κ3) is 1.84.